The highest BCUT2D eigenvalue weighted by Gasteiger charge is 2.29. The van der Waals surface area contributed by atoms with Crippen molar-refractivity contribution in [2.75, 3.05) is 80.0 Å². The third-order valence-corrected chi connectivity index (χ3v) is 6.79. The number of nitrogens with zero attached hydrogens (tertiary/aromatic N) is 4. The molecule has 0 aliphatic carbocycles. The normalized spacial score (nSPS) is 17.2. The molecule has 3 amide bonds. The van der Waals surface area contributed by atoms with E-state index in [0.29, 0.717) is 19.0 Å². The molecule has 4 N–H and O–H groups in total. The molecule has 1 rings (SSSR count). The molecular formula is C25H51N7O3. The van der Waals surface area contributed by atoms with Crippen LogP contribution < -0.4 is 16.4 Å². The van der Waals surface area contributed by atoms with E-state index >= 15 is 0 Å². The van der Waals surface area contributed by atoms with Crippen LogP contribution in [0.1, 0.15) is 52.4 Å². The number of nitrogens with one attached hydrogen (secondary N) is 2. The van der Waals surface area contributed by atoms with Gasteiger partial charge in [0.25, 0.3) is 0 Å². The molecule has 1 saturated heterocycles. The molecule has 0 bridgehead atoms. The van der Waals surface area contributed by atoms with Crippen LogP contribution in [0.2, 0.25) is 0 Å². The van der Waals surface area contributed by atoms with E-state index in [1.807, 2.05) is 19.0 Å². The number of carbonyl (C=O) groups excluding carboxylic acids is 3. The van der Waals surface area contributed by atoms with Gasteiger partial charge < -0.3 is 36.0 Å². The molecule has 0 aromatic rings. The molecule has 204 valence electrons. The van der Waals surface area contributed by atoms with Crippen LogP contribution in [0.25, 0.3) is 0 Å². The summed E-state index contributed by atoms with van der Waals surface area (Å²) in [5.74, 6) is -0.963. The van der Waals surface area contributed by atoms with Crippen molar-refractivity contribution in [1.82, 2.24) is 30.2 Å². The molecule has 0 saturated carbocycles. The second kappa shape index (κ2) is 17.6. The molecule has 1 heterocycles. The van der Waals surface area contributed by atoms with Gasteiger partial charge >= 0.3 is 0 Å². The number of carbonyl (C=O) groups is 3. The van der Waals surface area contributed by atoms with Crippen molar-refractivity contribution >= 4 is 17.7 Å². The lowest BCUT2D eigenvalue weighted by Crippen LogP contribution is -2.52. The zero-order chi connectivity index (χ0) is 26.2. The Morgan fingerprint density at radius 2 is 1.80 bits per heavy atom. The highest BCUT2D eigenvalue weighted by molar-refractivity contribution is 5.90. The molecule has 1 aliphatic heterocycles. The van der Waals surface area contributed by atoms with Gasteiger partial charge in [-0.3, -0.25) is 14.4 Å². The number of hydrogen-bond acceptors (Lipinski definition) is 7. The lowest BCUT2D eigenvalue weighted by molar-refractivity contribution is -0.139. The van der Waals surface area contributed by atoms with Gasteiger partial charge in [0.2, 0.25) is 17.7 Å². The minimum atomic E-state index is -0.660. The lowest BCUT2D eigenvalue weighted by Gasteiger charge is -2.29. The summed E-state index contributed by atoms with van der Waals surface area (Å²) in [7, 11) is 6.04. The zero-order valence-corrected chi connectivity index (χ0v) is 22.9. The van der Waals surface area contributed by atoms with E-state index < -0.39 is 11.9 Å². The molecule has 10 nitrogen and oxygen atoms in total. The van der Waals surface area contributed by atoms with Gasteiger partial charge in [-0.15, -0.1) is 0 Å². The summed E-state index contributed by atoms with van der Waals surface area (Å²) < 4.78 is 0. The van der Waals surface area contributed by atoms with Gasteiger partial charge in [0.05, 0.1) is 13.1 Å². The maximum Gasteiger partial charge on any atom is 0.245 e. The van der Waals surface area contributed by atoms with Gasteiger partial charge in [-0.2, -0.15) is 0 Å². The van der Waals surface area contributed by atoms with Crippen molar-refractivity contribution in [2.45, 2.75) is 64.5 Å². The fourth-order valence-electron chi connectivity index (χ4n) is 4.63. The van der Waals surface area contributed by atoms with Crippen LogP contribution in [0, 0.1) is 0 Å². The van der Waals surface area contributed by atoms with Gasteiger partial charge in [0, 0.05) is 12.6 Å². The monoisotopic (exact) mass is 497 g/mol. The number of amides is 3. The smallest absolute Gasteiger partial charge is 0.245 e. The van der Waals surface area contributed by atoms with Gasteiger partial charge in [0.1, 0.15) is 6.04 Å². The van der Waals surface area contributed by atoms with Gasteiger partial charge in [0.15, 0.2) is 0 Å². The fourth-order valence-corrected chi connectivity index (χ4v) is 4.63. The van der Waals surface area contributed by atoms with Crippen LogP contribution >= 0.6 is 0 Å². The van der Waals surface area contributed by atoms with Crippen LogP contribution in [-0.4, -0.2) is 129 Å². The molecule has 0 spiro atoms. The summed E-state index contributed by atoms with van der Waals surface area (Å²) in [6.45, 7) is 10.4. The molecule has 0 radical (unpaired) electrons. The van der Waals surface area contributed by atoms with Gasteiger partial charge in [-0.1, -0.05) is 13.8 Å². The standard InChI is InChI=1S/C25H51N7O3/c1-6-31(7-2)17-9-14-27-19-24(34)28-22(13-12-21-11-8-16-30(21)5)25(35)32(20-23(26)33)18-10-15-29(3)4/h21-22,27H,6-20H2,1-5H3,(H2,26,33)(H,28,34)/t21-,22?/m1/s1. The molecule has 10 heteroatoms. The molecule has 2 atom stereocenters. The number of hydrogen-bond donors (Lipinski definition) is 3. The topological polar surface area (TPSA) is 114 Å². The second-order valence-corrected chi connectivity index (χ2v) is 9.91. The first kappa shape index (κ1) is 31.3. The summed E-state index contributed by atoms with van der Waals surface area (Å²) in [6.07, 6.45) is 5.32. The first-order valence-corrected chi connectivity index (χ1v) is 13.3. The maximum absolute atomic E-state index is 13.4. The van der Waals surface area contributed by atoms with Gasteiger partial charge in [-0.25, -0.2) is 0 Å². The number of primary amides is 1. The highest BCUT2D eigenvalue weighted by atomic mass is 16.2. The molecule has 0 aromatic heterocycles. The van der Waals surface area contributed by atoms with E-state index in [1.165, 1.54) is 4.90 Å². The van der Waals surface area contributed by atoms with E-state index in [2.05, 4.69) is 41.3 Å². The number of rotatable bonds is 19. The summed E-state index contributed by atoms with van der Waals surface area (Å²) in [6, 6.07) is -0.244. The number of likely N-dealkylation sites (tertiary alicyclic amines) is 1. The maximum atomic E-state index is 13.4. The minimum Gasteiger partial charge on any atom is -0.368 e. The zero-order valence-electron chi connectivity index (χ0n) is 22.9. The van der Waals surface area contributed by atoms with E-state index in [-0.39, 0.29) is 24.9 Å². The predicted molar refractivity (Wildman–Crippen MR) is 141 cm³/mol. The Hall–Kier alpha value is -1.75. The lowest BCUT2D eigenvalue weighted by atomic mass is 10.0. The SMILES string of the molecule is CCN(CC)CCCNCC(=O)NC(CC[C@H]1CCCN1C)C(=O)N(CCCN(C)C)CC(N)=O. The Bertz CT molecular complexity index is 628. The first-order chi connectivity index (χ1) is 16.7. The van der Waals surface area contributed by atoms with Crippen LogP contribution in [-0.2, 0) is 14.4 Å². The summed E-state index contributed by atoms with van der Waals surface area (Å²) in [4.78, 5) is 46.0. The third kappa shape index (κ3) is 13.2. The average molecular weight is 498 g/mol. The Kier molecular flexibility index (Phi) is 15.8. The van der Waals surface area contributed by atoms with Crippen molar-refractivity contribution in [3.05, 3.63) is 0 Å². The van der Waals surface area contributed by atoms with Crippen molar-refractivity contribution in [3.63, 3.8) is 0 Å². The first-order valence-electron chi connectivity index (χ1n) is 13.3. The minimum absolute atomic E-state index is 0.133. The predicted octanol–water partition coefficient (Wildman–Crippen LogP) is -0.0673. The van der Waals surface area contributed by atoms with E-state index in [1.54, 1.807) is 0 Å². The fraction of sp³-hybridized carbons (Fsp3) is 0.880. The second-order valence-electron chi connectivity index (χ2n) is 9.91. The molecular weight excluding hydrogens is 446 g/mol. The average Bonchev–Trinajstić information content (AvgIpc) is 3.22. The highest BCUT2D eigenvalue weighted by Crippen LogP contribution is 2.20. The quantitative estimate of drug-likeness (QED) is 0.214. The van der Waals surface area contributed by atoms with Crippen molar-refractivity contribution in [3.8, 4) is 0 Å². The van der Waals surface area contributed by atoms with Crippen LogP contribution in [0.3, 0.4) is 0 Å². The third-order valence-electron chi connectivity index (χ3n) is 6.79. The largest absolute Gasteiger partial charge is 0.368 e. The van der Waals surface area contributed by atoms with E-state index in [4.69, 9.17) is 5.73 Å². The Morgan fingerprint density at radius 3 is 2.37 bits per heavy atom. The summed E-state index contributed by atoms with van der Waals surface area (Å²) in [5.41, 5.74) is 5.44. The van der Waals surface area contributed by atoms with Gasteiger partial charge in [-0.05, 0) is 98.9 Å². The molecule has 1 aliphatic rings. The molecule has 35 heavy (non-hydrogen) atoms. The molecule has 1 fully saturated rings. The van der Waals surface area contributed by atoms with E-state index in [9.17, 15) is 14.4 Å². The summed E-state index contributed by atoms with van der Waals surface area (Å²) in [5, 5.41) is 6.14. The Morgan fingerprint density at radius 1 is 1.09 bits per heavy atom. The van der Waals surface area contributed by atoms with Crippen molar-refractivity contribution < 1.29 is 14.4 Å². The van der Waals surface area contributed by atoms with Crippen LogP contribution in [0.4, 0.5) is 0 Å². The van der Waals surface area contributed by atoms with E-state index in [0.717, 1.165) is 71.4 Å². The molecule has 0 aromatic carbocycles. The number of nitrogens with two attached hydrogens (primary N) is 1. The van der Waals surface area contributed by atoms with Crippen molar-refractivity contribution in [2.24, 2.45) is 5.73 Å². The summed E-state index contributed by atoms with van der Waals surface area (Å²) >= 11 is 0. The molecule has 1 unspecified atom stereocenters. The Balaban J connectivity index is 2.71. The Labute approximate surface area is 212 Å². The van der Waals surface area contributed by atoms with Crippen molar-refractivity contribution in [1.29, 1.82) is 0 Å². The van der Waals surface area contributed by atoms with Crippen LogP contribution in [0.5, 0.6) is 0 Å². The van der Waals surface area contributed by atoms with Crippen LogP contribution in [0.15, 0.2) is 0 Å².